The van der Waals surface area contributed by atoms with Crippen molar-refractivity contribution in [3.8, 4) is 0 Å². The molecule has 0 aromatic heterocycles. The maximum Gasteiger partial charge on any atom is 0.246 e. The maximum atomic E-state index is 12.1. The summed E-state index contributed by atoms with van der Waals surface area (Å²) in [5.74, 6) is -0.117. The standard InChI is InChI=1S/C20H18N2O/c1-3-16-19(15-10-5-4-6-11-15)21-13-18(23)22-20(16)17-12-8-7-9-14(17)2/h3-12H,1,13H2,2H3,(H,22,23). The van der Waals surface area contributed by atoms with Crippen molar-refractivity contribution in [2.45, 2.75) is 6.92 Å². The molecule has 2 aromatic carbocycles. The largest absolute Gasteiger partial charge is 0.323 e. The molecule has 1 aliphatic rings. The smallest absolute Gasteiger partial charge is 0.246 e. The first-order valence-corrected chi connectivity index (χ1v) is 7.53. The number of allylic oxidation sites excluding steroid dienone is 2. The number of aliphatic imine (C=N–C) groups is 1. The Morgan fingerprint density at radius 2 is 1.78 bits per heavy atom. The number of rotatable bonds is 3. The third kappa shape index (κ3) is 2.99. The third-order valence-electron chi connectivity index (χ3n) is 3.84. The normalized spacial score (nSPS) is 14.8. The molecule has 3 nitrogen and oxygen atoms in total. The fraction of sp³-hybridized carbons (Fsp3) is 0.100. The second-order valence-electron chi connectivity index (χ2n) is 5.39. The van der Waals surface area contributed by atoms with Crippen LogP contribution in [0.3, 0.4) is 0 Å². The second-order valence-corrected chi connectivity index (χ2v) is 5.39. The number of hydrogen-bond acceptors (Lipinski definition) is 2. The Morgan fingerprint density at radius 1 is 1.09 bits per heavy atom. The quantitative estimate of drug-likeness (QED) is 0.926. The highest BCUT2D eigenvalue weighted by Gasteiger charge is 2.20. The van der Waals surface area contributed by atoms with E-state index in [-0.39, 0.29) is 12.5 Å². The van der Waals surface area contributed by atoms with E-state index >= 15 is 0 Å². The van der Waals surface area contributed by atoms with Gasteiger partial charge in [-0.05, 0) is 12.5 Å². The number of carbonyl (C=O) groups excluding carboxylic acids is 1. The number of nitrogens with zero attached hydrogens (tertiary/aromatic N) is 1. The molecule has 0 bridgehead atoms. The first kappa shape index (κ1) is 15.0. The van der Waals surface area contributed by atoms with Gasteiger partial charge in [-0.3, -0.25) is 9.79 Å². The van der Waals surface area contributed by atoms with Crippen LogP contribution in [0.5, 0.6) is 0 Å². The molecule has 1 aliphatic heterocycles. The fourth-order valence-electron chi connectivity index (χ4n) is 2.71. The molecule has 0 spiro atoms. The summed E-state index contributed by atoms with van der Waals surface area (Å²) in [5, 5.41) is 2.99. The van der Waals surface area contributed by atoms with E-state index in [0.29, 0.717) is 0 Å². The van der Waals surface area contributed by atoms with Gasteiger partial charge in [0, 0.05) is 16.7 Å². The molecule has 3 rings (SSSR count). The van der Waals surface area contributed by atoms with Crippen molar-refractivity contribution < 1.29 is 4.79 Å². The van der Waals surface area contributed by atoms with Crippen LogP contribution in [0.4, 0.5) is 0 Å². The van der Waals surface area contributed by atoms with Crippen LogP contribution in [-0.2, 0) is 4.79 Å². The van der Waals surface area contributed by atoms with Crippen LogP contribution in [-0.4, -0.2) is 18.2 Å². The molecule has 0 aliphatic carbocycles. The van der Waals surface area contributed by atoms with Crippen LogP contribution in [0.15, 0.2) is 77.8 Å². The van der Waals surface area contributed by atoms with Gasteiger partial charge >= 0.3 is 0 Å². The van der Waals surface area contributed by atoms with Crippen LogP contribution in [0.1, 0.15) is 16.7 Å². The predicted molar refractivity (Wildman–Crippen MR) is 94.3 cm³/mol. The molecule has 1 amide bonds. The number of amides is 1. The van der Waals surface area contributed by atoms with Crippen molar-refractivity contribution in [2.24, 2.45) is 4.99 Å². The molecular weight excluding hydrogens is 284 g/mol. The van der Waals surface area contributed by atoms with Crippen molar-refractivity contribution in [1.82, 2.24) is 5.32 Å². The predicted octanol–water partition coefficient (Wildman–Crippen LogP) is 3.51. The minimum atomic E-state index is -0.117. The van der Waals surface area contributed by atoms with Crippen molar-refractivity contribution in [3.63, 3.8) is 0 Å². The van der Waals surface area contributed by atoms with Gasteiger partial charge < -0.3 is 5.32 Å². The lowest BCUT2D eigenvalue weighted by Gasteiger charge is -2.15. The van der Waals surface area contributed by atoms with Crippen LogP contribution in [0.2, 0.25) is 0 Å². The van der Waals surface area contributed by atoms with Crippen LogP contribution < -0.4 is 5.32 Å². The zero-order chi connectivity index (χ0) is 16.2. The monoisotopic (exact) mass is 302 g/mol. The van der Waals surface area contributed by atoms with Gasteiger partial charge in [-0.15, -0.1) is 0 Å². The van der Waals surface area contributed by atoms with Crippen molar-refractivity contribution in [3.05, 3.63) is 89.5 Å². The summed E-state index contributed by atoms with van der Waals surface area (Å²) in [5.41, 5.74) is 5.46. The van der Waals surface area contributed by atoms with E-state index in [9.17, 15) is 4.79 Å². The SMILES string of the molecule is C=CC1=C(c2ccccc2C)NC(=O)CN=C1c1ccccc1. The number of carbonyl (C=O) groups is 1. The Morgan fingerprint density at radius 3 is 2.48 bits per heavy atom. The summed E-state index contributed by atoms with van der Waals surface area (Å²) < 4.78 is 0. The van der Waals surface area contributed by atoms with Crippen LogP contribution >= 0.6 is 0 Å². The van der Waals surface area contributed by atoms with E-state index in [0.717, 1.165) is 33.7 Å². The Bertz CT molecular complexity index is 817. The molecule has 0 saturated heterocycles. The highest BCUT2D eigenvalue weighted by atomic mass is 16.1. The molecule has 0 fully saturated rings. The average molecular weight is 302 g/mol. The van der Waals surface area contributed by atoms with Gasteiger partial charge in [-0.25, -0.2) is 0 Å². The molecule has 0 atom stereocenters. The van der Waals surface area contributed by atoms with E-state index in [4.69, 9.17) is 0 Å². The van der Waals surface area contributed by atoms with Gasteiger partial charge in [-0.1, -0.05) is 67.3 Å². The number of hydrogen-bond donors (Lipinski definition) is 1. The molecule has 0 unspecified atom stereocenters. The molecular formula is C20H18N2O. The molecule has 23 heavy (non-hydrogen) atoms. The molecule has 1 heterocycles. The lowest BCUT2D eigenvalue weighted by molar-refractivity contribution is -0.118. The Balaban J connectivity index is 2.24. The number of nitrogens with one attached hydrogen (secondary N) is 1. The van der Waals surface area contributed by atoms with Gasteiger partial charge in [0.15, 0.2) is 0 Å². The number of benzene rings is 2. The van der Waals surface area contributed by atoms with E-state index in [1.54, 1.807) is 6.08 Å². The first-order valence-electron chi connectivity index (χ1n) is 7.53. The summed E-state index contributed by atoms with van der Waals surface area (Å²) in [7, 11) is 0. The summed E-state index contributed by atoms with van der Waals surface area (Å²) >= 11 is 0. The van der Waals surface area contributed by atoms with E-state index in [2.05, 4.69) is 16.9 Å². The minimum Gasteiger partial charge on any atom is -0.323 e. The zero-order valence-electron chi connectivity index (χ0n) is 13.0. The average Bonchev–Trinajstić information content (AvgIpc) is 2.74. The zero-order valence-corrected chi connectivity index (χ0v) is 13.0. The van der Waals surface area contributed by atoms with Crippen LogP contribution in [0.25, 0.3) is 5.70 Å². The minimum absolute atomic E-state index is 0.108. The van der Waals surface area contributed by atoms with Gasteiger partial charge in [0.05, 0.1) is 11.4 Å². The van der Waals surface area contributed by atoms with Crippen molar-refractivity contribution >= 4 is 17.3 Å². The molecule has 0 radical (unpaired) electrons. The maximum absolute atomic E-state index is 12.1. The highest BCUT2D eigenvalue weighted by molar-refractivity contribution is 6.20. The molecule has 1 N–H and O–H groups in total. The molecule has 114 valence electrons. The lowest BCUT2D eigenvalue weighted by atomic mass is 9.95. The molecule has 0 saturated carbocycles. The van der Waals surface area contributed by atoms with Gasteiger partial charge in [0.1, 0.15) is 6.54 Å². The highest BCUT2D eigenvalue weighted by Crippen LogP contribution is 2.25. The Kier molecular flexibility index (Phi) is 4.20. The first-order chi connectivity index (χ1) is 11.2. The summed E-state index contributed by atoms with van der Waals surface area (Å²) in [4.78, 5) is 16.6. The topological polar surface area (TPSA) is 41.5 Å². The summed E-state index contributed by atoms with van der Waals surface area (Å²) in [6.45, 7) is 6.08. The molecule has 3 heteroatoms. The number of aryl methyl sites for hydroxylation is 1. The summed E-state index contributed by atoms with van der Waals surface area (Å²) in [6.07, 6.45) is 1.76. The van der Waals surface area contributed by atoms with Gasteiger partial charge in [0.2, 0.25) is 5.91 Å². The fourth-order valence-corrected chi connectivity index (χ4v) is 2.71. The van der Waals surface area contributed by atoms with E-state index in [1.807, 2.05) is 61.5 Å². The van der Waals surface area contributed by atoms with E-state index < -0.39 is 0 Å². The van der Waals surface area contributed by atoms with Crippen molar-refractivity contribution in [1.29, 1.82) is 0 Å². The third-order valence-corrected chi connectivity index (χ3v) is 3.84. The Labute approximate surface area is 136 Å². The second kappa shape index (κ2) is 6.44. The molecule has 2 aromatic rings. The van der Waals surface area contributed by atoms with Crippen LogP contribution in [0, 0.1) is 6.92 Å². The lowest BCUT2D eigenvalue weighted by Crippen LogP contribution is -2.24. The Hall–Kier alpha value is -2.94. The van der Waals surface area contributed by atoms with E-state index in [1.165, 1.54) is 0 Å². The van der Waals surface area contributed by atoms with Gasteiger partial charge in [-0.2, -0.15) is 0 Å². The van der Waals surface area contributed by atoms with Crippen molar-refractivity contribution in [2.75, 3.05) is 6.54 Å². The summed E-state index contributed by atoms with van der Waals surface area (Å²) in [6, 6.07) is 17.9. The van der Waals surface area contributed by atoms with Gasteiger partial charge in [0.25, 0.3) is 0 Å².